The Balaban J connectivity index is 1.84. The highest BCUT2D eigenvalue weighted by molar-refractivity contribution is 7.10. The Hall–Kier alpha value is -1.11. The molecule has 0 aliphatic carbocycles. The van der Waals surface area contributed by atoms with Crippen LogP contribution in [0.5, 0.6) is 0 Å². The molecule has 0 radical (unpaired) electrons. The zero-order valence-corrected chi connectivity index (χ0v) is 15.5. The lowest BCUT2D eigenvalue weighted by molar-refractivity contribution is 0.249. The van der Waals surface area contributed by atoms with Crippen molar-refractivity contribution in [3.8, 4) is 0 Å². The minimum absolute atomic E-state index is 0.453. The standard InChI is InChI=1S/C17H31N5S/c1-4-21(3)12-9-19-17(18-2)20-14-15(16-8-7-13-23-16)22-10-5-6-11-22/h7-8,13,15H,4-6,9-12,14H2,1-3H3,(H2,18,19,20). The summed E-state index contributed by atoms with van der Waals surface area (Å²) in [6.45, 7) is 8.51. The van der Waals surface area contributed by atoms with Gasteiger partial charge in [-0.2, -0.15) is 0 Å². The summed E-state index contributed by atoms with van der Waals surface area (Å²) in [7, 11) is 3.98. The molecule has 1 aromatic rings. The van der Waals surface area contributed by atoms with Gasteiger partial charge in [0.1, 0.15) is 0 Å². The Morgan fingerprint density at radius 1 is 1.39 bits per heavy atom. The van der Waals surface area contributed by atoms with Gasteiger partial charge in [0.15, 0.2) is 5.96 Å². The predicted octanol–water partition coefficient (Wildman–Crippen LogP) is 2.00. The van der Waals surface area contributed by atoms with Gasteiger partial charge in [-0.15, -0.1) is 11.3 Å². The van der Waals surface area contributed by atoms with Gasteiger partial charge in [0.25, 0.3) is 0 Å². The molecule has 2 rings (SSSR count). The number of aliphatic imine (C=N–C) groups is 1. The van der Waals surface area contributed by atoms with E-state index in [-0.39, 0.29) is 0 Å². The average molecular weight is 338 g/mol. The van der Waals surface area contributed by atoms with E-state index in [4.69, 9.17) is 0 Å². The molecular formula is C17H31N5S. The lowest BCUT2D eigenvalue weighted by Crippen LogP contribution is -2.44. The van der Waals surface area contributed by atoms with Crippen LogP contribution in [0.4, 0.5) is 0 Å². The fourth-order valence-electron chi connectivity index (χ4n) is 2.88. The average Bonchev–Trinajstić information content (AvgIpc) is 3.27. The van der Waals surface area contributed by atoms with E-state index < -0.39 is 0 Å². The Kier molecular flexibility index (Phi) is 7.85. The number of nitrogens with zero attached hydrogens (tertiary/aromatic N) is 3. The van der Waals surface area contributed by atoms with Gasteiger partial charge in [-0.1, -0.05) is 13.0 Å². The van der Waals surface area contributed by atoms with Crippen LogP contribution >= 0.6 is 11.3 Å². The van der Waals surface area contributed by atoms with Crippen LogP contribution < -0.4 is 10.6 Å². The Bertz CT molecular complexity index is 454. The third-order valence-electron chi connectivity index (χ3n) is 4.47. The molecule has 2 N–H and O–H groups in total. The van der Waals surface area contributed by atoms with Crippen LogP contribution in [0.25, 0.3) is 0 Å². The van der Waals surface area contributed by atoms with Crippen molar-refractivity contribution in [2.45, 2.75) is 25.8 Å². The summed E-state index contributed by atoms with van der Waals surface area (Å²) in [5, 5.41) is 9.09. The van der Waals surface area contributed by atoms with Crippen molar-refractivity contribution in [1.29, 1.82) is 0 Å². The van der Waals surface area contributed by atoms with Gasteiger partial charge in [-0.05, 0) is 51.0 Å². The van der Waals surface area contributed by atoms with Crippen molar-refractivity contribution in [2.24, 2.45) is 4.99 Å². The zero-order chi connectivity index (χ0) is 16.5. The lowest BCUT2D eigenvalue weighted by Gasteiger charge is -2.27. The minimum atomic E-state index is 0.453. The highest BCUT2D eigenvalue weighted by Crippen LogP contribution is 2.27. The second-order valence-electron chi connectivity index (χ2n) is 6.05. The van der Waals surface area contributed by atoms with Gasteiger partial charge in [-0.25, -0.2) is 0 Å². The quantitative estimate of drug-likeness (QED) is 0.562. The lowest BCUT2D eigenvalue weighted by atomic mass is 10.2. The number of guanidine groups is 1. The van der Waals surface area contributed by atoms with Gasteiger partial charge in [0.2, 0.25) is 0 Å². The number of likely N-dealkylation sites (N-methyl/N-ethyl adjacent to an activating group) is 1. The maximum atomic E-state index is 4.35. The van der Waals surface area contributed by atoms with Crippen molar-refractivity contribution >= 4 is 17.3 Å². The first kappa shape index (κ1) is 18.2. The number of hydrogen-bond donors (Lipinski definition) is 2. The summed E-state index contributed by atoms with van der Waals surface area (Å²) < 4.78 is 0. The van der Waals surface area contributed by atoms with Gasteiger partial charge in [0, 0.05) is 31.6 Å². The van der Waals surface area contributed by atoms with Gasteiger partial charge in [-0.3, -0.25) is 9.89 Å². The number of hydrogen-bond acceptors (Lipinski definition) is 4. The number of likely N-dealkylation sites (tertiary alicyclic amines) is 1. The first-order valence-electron chi connectivity index (χ1n) is 8.65. The topological polar surface area (TPSA) is 42.9 Å². The molecule has 0 amide bonds. The maximum absolute atomic E-state index is 4.35. The number of nitrogens with one attached hydrogen (secondary N) is 2. The molecule has 1 aliphatic heterocycles. The van der Waals surface area contributed by atoms with Gasteiger partial charge < -0.3 is 15.5 Å². The molecule has 1 fully saturated rings. The molecule has 1 atom stereocenters. The van der Waals surface area contributed by atoms with E-state index in [2.05, 4.69) is 56.9 Å². The fourth-order valence-corrected chi connectivity index (χ4v) is 3.74. The molecule has 0 spiro atoms. The SMILES string of the molecule is CCN(C)CCNC(=NC)NCC(c1cccs1)N1CCCC1. The first-order chi connectivity index (χ1) is 11.2. The van der Waals surface area contributed by atoms with Crippen LogP contribution in [0.1, 0.15) is 30.7 Å². The summed E-state index contributed by atoms with van der Waals surface area (Å²) in [4.78, 5) is 10.7. The summed E-state index contributed by atoms with van der Waals surface area (Å²) in [6, 6.07) is 4.85. The highest BCUT2D eigenvalue weighted by Gasteiger charge is 2.24. The molecule has 1 unspecified atom stereocenters. The van der Waals surface area contributed by atoms with E-state index in [1.807, 2.05) is 18.4 Å². The van der Waals surface area contributed by atoms with Crippen molar-refractivity contribution in [3.05, 3.63) is 22.4 Å². The normalized spacial score (nSPS) is 17.7. The monoisotopic (exact) mass is 337 g/mol. The molecule has 0 bridgehead atoms. The second kappa shape index (κ2) is 9.90. The van der Waals surface area contributed by atoms with Gasteiger partial charge >= 0.3 is 0 Å². The molecule has 2 heterocycles. The smallest absolute Gasteiger partial charge is 0.191 e. The van der Waals surface area contributed by atoms with E-state index in [0.717, 1.165) is 32.1 Å². The molecular weight excluding hydrogens is 306 g/mol. The highest BCUT2D eigenvalue weighted by atomic mass is 32.1. The number of rotatable bonds is 8. The Morgan fingerprint density at radius 3 is 2.78 bits per heavy atom. The zero-order valence-electron chi connectivity index (χ0n) is 14.7. The largest absolute Gasteiger partial charge is 0.355 e. The van der Waals surface area contributed by atoms with E-state index in [1.54, 1.807) is 0 Å². The minimum Gasteiger partial charge on any atom is -0.355 e. The number of thiophene rings is 1. The summed E-state index contributed by atoms with van der Waals surface area (Å²) in [5.41, 5.74) is 0. The molecule has 130 valence electrons. The van der Waals surface area contributed by atoms with Crippen LogP contribution in [0.15, 0.2) is 22.5 Å². The van der Waals surface area contributed by atoms with E-state index in [9.17, 15) is 0 Å². The fraction of sp³-hybridized carbons (Fsp3) is 0.706. The van der Waals surface area contributed by atoms with Crippen LogP contribution in [-0.4, -0.2) is 69.1 Å². The van der Waals surface area contributed by atoms with E-state index in [0.29, 0.717) is 6.04 Å². The second-order valence-corrected chi connectivity index (χ2v) is 7.03. The molecule has 0 saturated carbocycles. The van der Waals surface area contributed by atoms with Crippen molar-refractivity contribution in [3.63, 3.8) is 0 Å². The van der Waals surface area contributed by atoms with Gasteiger partial charge in [0.05, 0.1) is 6.04 Å². The van der Waals surface area contributed by atoms with Crippen molar-refractivity contribution < 1.29 is 0 Å². The maximum Gasteiger partial charge on any atom is 0.191 e. The Labute approximate surface area is 144 Å². The third-order valence-corrected chi connectivity index (χ3v) is 5.44. The predicted molar refractivity (Wildman–Crippen MR) is 100 cm³/mol. The molecule has 5 nitrogen and oxygen atoms in total. The van der Waals surface area contributed by atoms with E-state index in [1.165, 1.54) is 30.8 Å². The molecule has 1 aliphatic rings. The van der Waals surface area contributed by atoms with Crippen molar-refractivity contribution in [1.82, 2.24) is 20.4 Å². The van der Waals surface area contributed by atoms with Crippen LogP contribution in [0.2, 0.25) is 0 Å². The van der Waals surface area contributed by atoms with Crippen LogP contribution in [0.3, 0.4) is 0 Å². The van der Waals surface area contributed by atoms with Crippen LogP contribution in [0, 0.1) is 0 Å². The summed E-state index contributed by atoms with van der Waals surface area (Å²) in [6.07, 6.45) is 2.64. The first-order valence-corrected chi connectivity index (χ1v) is 9.53. The molecule has 23 heavy (non-hydrogen) atoms. The Morgan fingerprint density at radius 2 is 2.17 bits per heavy atom. The van der Waals surface area contributed by atoms with Crippen LogP contribution in [-0.2, 0) is 0 Å². The molecule has 0 aromatic carbocycles. The van der Waals surface area contributed by atoms with Crippen molar-refractivity contribution in [2.75, 3.05) is 53.4 Å². The van der Waals surface area contributed by atoms with E-state index >= 15 is 0 Å². The molecule has 1 aromatic heterocycles. The summed E-state index contributed by atoms with van der Waals surface area (Å²) >= 11 is 1.85. The third kappa shape index (κ3) is 5.79. The summed E-state index contributed by atoms with van der Waals surface area (Å²) in [5.74, 6) is 0.898. The molecule has 6 heteroatoms. The molecule has 1 saturated heterocycles.